The van der Waals surface area contributed by atoms with Crippen LogP contribution in [-0.2, 0) is 16.1 Å². The number of nitrogens with zero attached hydrogens (tertiary/aromatic N) is 4. The van der Waals surface area contributed by atoms with Gasteiger partial charge in [0.2, 0.25) is 0 Å². The van der Waals surface area contributed by atoms with E-state index >= 15 is 0 Å². The molecule has 4 rings (SSSR count). The van der Waals surface area contributed by atoms with Crippen molar-refractivity contribution in [2.24, 2.45) is 5.41 Å². The Labute approximate surface area is 284 Å². The summed E-state index contributed by atoms with van der Waals surface area (Å²) in [4.78, 5) is 47.4. The number of aldehydes is 1. The number of aromatic nitrogens is 1. The number of hydrogen-bond acceptors (Lipinski definition) is 8. The largest absolute Gasteiger partial charge is 0.497 e. The van der Waals surface area contributed by atoms with E-state index in [1.807, 2.05) is 71.0 Å². The molecule has 2 N–H and O–H groups in total. The second-order valence-corrected chi connectivity index (χ2v) is 13.1. The first-order chi connectivity index (χ1) is 22.7. The third kappa shape index (κ3) is 8.76. The fraction of sp³-hybridized carbons (Fsp3) is 0.459. The summed E-state index contributed by atoms with van der Waals surface area (Å²) < 4.78 is 16.4. The van der Waals surface area contributed by atoms with Gasteiger partial charge in [0.05, 0.1) is 38.2 Å². The molecule has 3 amide bonds. The second-order valence-electron chi connectivity index (χ2n) is 13.1. The molecular weight excluding hydrogens is 610 g/mol. The molecular formula is C37H51N5O6. The van der Waals surface area contributed by atoms with Gasteiger partial charge in [0.25, 0.3) is 0 Å². The number of amides is 3. The number of carbonyl (C=O) groups excluding carboxylic acids is 3. The molecule has 0 fully saturated rings. The fourth-order valence-corrected chi connectivity index (χ4v) is 5.67. The average molecular weight is 662 g/mol. The summed E-state index contributed by atoms with van der Waals surface area (Å²) in [6.07, 6.45) is 4.21. The maximum Gasteiger partial charge on any atom is 0.410 e. The number of pyridine rings is 1. The van der Waals surface area contributed by atoms with Crippen LogP contribution in [0.5, 0.6) is 11.5 Å². The highest BCUT2D eigenvalue weighted by molar-refractivity contribution is 6.01. The number of nitrogen functional groups attached to an aromatic ring is 1. The van der Waals surface area contributed by atoms with Gasteiger partial charge >= 0.3 is 12.1 Å². The minimum absolute atomic E-state index is 0.147. The summed E-state index contributed by atoms with van der Waals surface area (Å²) in [5, 5.41) is 0.685. The van der Waals surface area contributed by atoms with Crippen molar-refractivity contribution in [3.63, 3.8) is 0 Å². The number of anilines is 2. The first-order valence-electron chi connectivity index (χ1n) is 16.2. The van der Waals surface area contributed by atoms with Gasteiger partial charge in [0, 0.05) is 66.8 Å². The number of hydrogen-bond donors (Lipinski definition) is 1. The minimum atomic E-state index is -0.586. The molecule has 1 aliphatic rings. The Balaban J connectivity index is 0.00000307. The number of rotatable bonds is 9. The highest BCUT2D eigenvalue weighted by Crippen LogP contribution is 2.42. The molecule has 0 aliphatic carbocycles. The maximum absolute atomic E-state index is 13.8. The van der Waals surface area contributed by atoms with Crippen LogP contribution in [0.1, 0.15) is 66.0 Å². The molecule has 260 valence electrons. The lowest BCUT2D eigenvalue weighted by atomic mass is 9.77. The second kappa shape index (κ2) is 15.9. The minimum Gasteiger partial charge on any atom is -0.497 e. The van der Waals surface area contributed by atoms with Crippen LogP contribution in [0, 0.1) is 5.41 Å². The van der Waals surface area contributed by atoms with Crippen molar-refractivity contribution in [2.75, 3.05) is 51.5 Å². The number of carbonyl (C=O) groups is 3. The molecule has 1 aromatic heterocycles. The van der Waals surface area contributed by atoms with E-state index in [1.165, 1.54) is 4.90 Å². The van der Waals surface area contributed by atoms with Crippen molar-refractivity contribution < 1.29 is 28.6 Å². The van der Waals surface area contributed by atoms with E-state index in [4.69, 9.17) is 19.9 Å². The van der Waals surface area contributed by atoms with E-state index in [2.05, 4.69) is 18.8 Å². The highest BCUT2D eigenvalue weighted by atomic mass is 16.6. The summed E-state index contributed by atoms with van der Waals surface area (Å²) in [6.45, 7) is 15.0. The topological polar surface area (TPSA) is 128 Å². The summed E-state index contributed by atoms with van der Waals surface area (Å²) in [5.41, 5.74) is 10.2. The van der Waals surface area contributed by atoms with Gasteiger partial charge < -0.3 is 34.5 Å². The molecule has 0 saturated heterocycles. The molecule has 0 bridgehead atoms. The Hall–Kier alpha value is -4.80. The molecule has 0 atom stereocenters. The highest BCUT2D eigenvalue weighted by Gasteiger charge is 2.35. The van der Waals surface area contributed by atoms with E-state index in [9.17, 15) is 14.4 Å². The zero-order valence-corrected chi connectivity index (χ0v) is 30.0. The smallest absolute Gasteiger partial charge is 0.410 e. The van der Waals surface area contributed by atoms with Gasteiger partial charge in [-0.3, -0.25) is 9.88 Å². The zero-order valence-electron chi connectivity index (χ0n) is 30.0. The van der Waals surface area contributed by atoms with Crippen LogP contribution in [0.15, 0.2) is 48.7 Å². The number of benzene rings is 2. The number of methoxy groups -OCH3 is 2. The SMILES string of the molecule is CC.COc1ccc(CN(C)C(=O)N(CCC=O)c2cnc3ccc(C4=CCN(C(=O)OC(C)(C)C)CC4(C)C)c(N)c3c2)c(OC)c1. The molecule has 11 nitrogen and oxygen atoms in total. The van der Waals surface area contributed by atoms with E-state index in [0.717, 1.165) is 23.0 Å². The van der Waals surface area contributed by atoms with E-state index < -0.39 is 11.0 Å². The van der Waals surface area contributed by atoms with Gasteiger partial charge in [-0.15, -0.1) is 0 Å². The summed E-state index contributed by atoms with van der Waals surface area (Å²) in [7, 11) is 4.84. The summed E-state index contributed by atoms with van der Waals surface area (Å²) in [5.74, 6) is 1.24. The summed E-state index contributed by atoms with van der Waals surface area (Å²) >= 11 is 0. The Bertz CT molecular complexity index is 1650. The van der Waals surface area contributed by atoms with Crippen LogP contribution in [0.25, 0.3) is 16.5 Å². The molecule has 0 saturated carbocycles. The molecule has 0 spiro atoms. The molecule has 48 heavy (non-hydrogen) atoms. The predicted molar refractivity (Wildman–Crippen MR) is 192 cm³/mol. The lowest BCUT2D eigenvalue weighted by Gasteiger charge is -2.39. The van der Waals surface area contributed by atoms with Gasteiger partial charge in [-0.1, -0.05) is 39.8 Å². The van der Waals surface area contributed by atoms with Gasteiger partial charge in [0.1, 0.15) is 23.4 Å². The van der Waals surface area contributed by atoms with Crippen molar-refractivity contribution >= 4 is 46.3 Å². The van der Waals surface area contributed by atoms with Crippen molar-refractivity contribution in [1.82, 2.24) is 14.8 Å². The van der Waals surface area contributed by atoms with Crippen molar-refractivity contribution in [2.45, 2.75) is 67.0 Å². The Morgan fingerprint density at radius 2 is 1.79 bits per heavy atom. The van der Waals surface area contributed by atoms with Crippen LogP contribution in [-0.4, -0.2) is 79.7 Å². The van der Waals surface area contributed by atoms with Crippen LogP contribution >= 0.6 is 0 Å². The van der Waals surface area contributed by atoms with E-state index in [0.29, 0.717) is 46.9 Å². The van der Waals surface area contributed by atoms with Crippen LogP contribution in [0.4, 0.5) is 21.0 Å². The Morgan fingerprint density at radius 1 is 1.08 bits per heavy atom. The van der Waals surface area contributed by atoms with Crippen molar-refractivity contribution in [1.29, 1.82) is 0 Å². The van der Waals surface area contributed by atoms with E-state index in [-0.39, 0.29) is 31.6 Å². The number of urea groups is 1. The van der Waals surface area contributed by atoms with Gasteiger partial charge in [-0.05, 0) is 50.6 Å². The van der Waals surface area contributed by atoms with Crippen molar-refractivity contribution in [3.05, 3.63) is 59.8 Å². The number of nitrogens with two attached hydrogens (primary N) is 1. The quantitative estimate of drug-likeness (QED) is 0.189. The lowest BCUT2D eigenvalue weighted by Crippen LogP contribution is -2.45. The average Bonchev–Trinajstić information content (AvgIpc) is 3.05. The third-order valence-electron chi connectivity index (χ3n) is 7.91. The Kier molecular flexibility index (Phi) is 12.4. The molecule has 2 heterocycles. The first kappa shape index (κ1) is 37.7. The molecule has 0 unspecified atom stereocenters. The Morgan fingerprint density at radius 3 is 2.40 bits per heavy atom. The summed E-state index contributed by atoms with van der Waals surface area (Å²) in [6, 6.07) is 10.8. The third-order valence-corrected chi connectivity index (χ3v) is 7.91. The van der Waals surface area contributed by atoms with Crippen molar-refractivity contribution in [3.8, 4) is 11.5 Å². The van der Waals surface area contributed by atoms with E-state index in [1.54, 1.807) is 43.3 Å². The first-order valence-corrected chi connectivity index (χ1v) is 16.2. The molecule has 11 heteroatoms. The van der Waals surface area contributed by atoms with Crippen LogP contribution in [0.3, 0.4) is 0 Å². The number of ether oxygens (including phenoxy) is 3. The normalized spacial score (nSPS) is 13.9. The molecule has 2 aromatic carbocycles. The lowest BCUT2D eigenvalue weighted by molar-refractivity contribution is -0.107. The molecule has 0 radical (unpaired) electrons. The predicted octanol–water partition coefficient (Wildman–Crippen LogP) is 7.17. The van der Waals surface area contributed by atoms with Gasteiger partial charge in [0.15, 0.2) is 0 Å². The fourth-order valence-electron chi connectivity index (χ4n) is 5.67. The molecule has 3 aromatic rings. The van der Waals surface area contributed by atoms with Gasteiger partial charge in [-0.25, -0.2) is 9.59 Å². The maximum atomic E-state index is 13.8. The monoisotopic (exact) mass is 661 g/mol. The zero-order chi connectivity index (χ0) is 35.8. The van der Waals surface area contributed by atoms with Crippen LogP contribution < -0.4 is 20.1 Å². The molecule has 1 aliphatic heterocycles. The van der Waals surface area contributed by atoms with Gasteiger partial charge in [-0.2, -0.15) is 0 Å². The standard InChI is InChI=1S/C35H45N5O6.C2H6/c1-34(2,3)46-33(43)39-16-14-28(35(4,5)22-39)26-12-13-29-27(31(26)36)18-24(20-37-29)40(15-9-17-41)32(42)38(6)21-23-10-11-25(44-7)19-30(23)45-8;1-2/h10-14,17-20H,9,15-16,21-22,36H2,1-8H3;1-2H3. The number of fused-ring (bicyclic) bond motifs is 1. The van der Waals surface area contributed by atoms with Crippen LogP contribution in [0.2, 0.25) is 0 Å².